The highest BCUT2D eigenvalue weighted by molar-refractivity contribution is 4.87. The third kappa shape index (κ3) is 3.71. The molecule has 100 valence electrons. The van der Waals surface area contributed by atoms with Gasteiger partial charge in [-0.2, -0.15) is 0 Å². The van der Waals surface area contributed by atoms with Gasteiger partial charge in [-0.3, -0.25) is 0 Å². The molecule has 2 aliphatic rings. The van der Waals surface area contributed by atoms with Gasteiger partial charge in [-0.05, 0) is 61.8 Å². The van der Waals surface area contributed by atoms with Gasteiger partial charge in [0.05, 0.1) is 0 Å². The minimum atomic E-state index is 0.583. The highest BCUT2D eigenvalue weighted by Gasteiger charge is 2.32. The van der Waals surface area contributed by atoms with Gasteiger partial charge in [-0.25, -0.2) is 0 Å². The molecule has 2 fully saturated rings. The normalized spacial score (nSPS) is 41.6. The molecule has 1 heteroatoms. The first-order valence-electron chi connectivity index (χ1n) is 7.70. The molecule has 0 saturated heterocycles. The van der Waals surface area contributed by atoms with E-state index in [1.54, 1.807) is 0 Å². The van der Waals surface area contributed by atoms with Crippen LogP contribution in [-0.4, -0.2) is 12.6 Å². The molecule has 0 bridgehead atoms. The highest BCUT2D eigenvalue weighted by atomic mass is 14.9. The van der Waals surface area contributed by atoms with Crippen LogP contribution in [0.25, 0.3) is 0 Å². The van der Waals surface area contributed by atoms with Crippen LogP contribution in [0.2, 0.25) is 0 Å². The lowest BCUT2D eigenvalue weighted by Gasteiger charge is -2.40. The fraction of sp³-hybridized carbons (Fsp3) is 1.00. The molecular weight excluding hydrogens is 206 g/mol. The Morgan fingerprint density at radius 3 is 2.47 bits per heavy atom. The quantitative estimate of drug-likeness (QED) is 0.774. The number of nitrogens with one attached hydrogen (secondary N) is 1. The molecule has 0 aliphatic heterocycles. The van der Waals surface area contributed by atoms with Crippen molar-refractivity contribution in [3.05, 3.63) is 0 Å². The summed E-state index contributed by atoms with van der Waals surface area (Å²) in [5.74, 6) is 2.80. The molecule has 0 radical (unpaired) electrons. The molecule has 0 heterocycles. The van der Waals surface area contributed by atoms with Gasteiger partial charge >= 0.3 is 0 Å². The second kappa shape index (κ2) is 5.30. The Morgan fingerprint density at radius 2 is 1.88 bits per heavy atom. The molecule has 1 N–H and O–H groups in total. The molecule has 0 spiro atoms. The fourth-order valence-corrected chi connectivity index (χ4v) is 4.08. The lowest BCUT2D eigenvalue weighted by Crippen LogP contribution is -2.43. The van der Waals surface area contributed by atoms with E-state index in [1.807, 2.05) is 0 Å². The van der Waals surface area contributed by atoms with Crippen LogP contribution in [0.15, 0.2) is 0 Å². The third-order valence-electron chi connectivity index (χ3n) is 5.17. The summed E-state index contributed by atoms with van der Waals surface area (Å²) in [6.45, 7) is 11.0. The Labute approximate surface area is 108 Å². The van der Waals surface area contributed by atoms with Gasteiger partial charge in [0.15, 0.2) is 0 Å². The minimum absolute atomic E-state index is 0.583. The van der Waals surface area contributed by atoms with Crippen LogP contribution in [0.1, 0.15) is 66.2 Å². The van der Waals surface area contributed by atoms with E-state index < -0.39 is 0 Å². The lowest BCUT2D eigenvalue weighted by atomic mass is 9.70. The van der Waals surface area contributed by atoms with Crippen LogP contribution in [0.5, 0.6) is 0 Å². The van der Waals surface area contributed by atoms with Crippen molar-refractivity contribution in [2.75, 3.05) is 6.54 Å². The van der Waals surface area contributed by atoms with Gasteiger partial charge in [0.1, 0.15) is 0 Å². The van der Waals surface area contributed by atoms with Crippen molar-refractivity contribution in [3.8, 4) is 0 Å². The molecule has 0 amide bonds. The maximum absolute atomic E-state index is 3.87. The first-order valence-corrected chi connectivity index (χ1v) is 7.70. The predicted molar refractivity (Wildman–Crippen MR) is 75.1 cm³/mol. The Balaban J connectivity index is 1.73. The highest BCUT2D eigenvalue weighted by Crippen LogP contribution is 2.38. The summed E-state index contributed by atoms with van der Waals surface area (Å²) in [7, 11) is 0. The average molecular weight is 237 g/mol. The van der Waals surface area contributed by atoms with Crippen molar-refractivity contribution in [1.29, 1.82) is 0 Å². The van der Waals surface area contributed by atoms with Crippen LogP contribution in [0, 0.1) is 23.2 Å². The van der Waals surface area contributed by atoms with E-state index in [4.69, 9.17) is 0 Å². The minimum Gasteiger partial charge on any atom is -0.313 e. The van der Waals surface area contributed by atoms with Gasteiger partial charge in [0.25, 0.3) is 0 Å². The molecule has 4 unspecified atom stereocenters. The van der Waals surface area contributed by atoms with Gasteiger partial charge < -0.3 is 5.32 Å². The Morgan fingerprint density at radius 1 is 1.12 bits per heavy atom. The lowest BCUT2D eigenvalue weighted by molar-refractivity contribution is 0.146. The summed E-state index contributed by atoms with van der Waals surface area (Å²) in [5, 5.41) is 3.87. The van der Waals surface area contributed by atoms with Gasteiger partial charge in [-0.15, -0.1) is 0 Å². The van der Waals surface area contributed by atoms with E-state index >= 15 is 0 Å². The second-order valence-electron chi connectivity index (χ2n) is 7.68. The summed E-state index contributed by atoms with van der Waals surface area (Å²) < 4.78 is 0. The molecule has 0 aromatic carbocycles. The van der Waals surface area contributed by atoms with Crippen LogP contribution >= 0.6 is 0 Å². The summed E-state index contributed by atoms with van der Waals surface area (Å²) in [6.07, 6.45) is 8.55. The largest absolute Gasteiger partial charge is 0.313 e. The molecule has 0 aromatic heterocycles. The smallest absolute Gasteiger partial charge is 0.00932 e. The van der Waals surface area contributed by atoms with E-state index in [1.165, 1.54) is 45.1 Å². The molecule has 2 saturated carbocycles. The molecule has 4 atom stereocenters. The second-order valence-corrected chi connectivity index (χ2v) is 7.68. The van der Waals surface area contributed by atoms with E-state index in [9.17, 15) is 0 Å². The van der Waals surface area contributed by atoms with Crippen LogP contribution in [0.4, 0.5) is 0 Å². The van der Waals surface area contributed by atoms with Crippen molar-refractivity contribution in [2.45, 2.75) is 72.3 Å². The number of hydrogen-bond donors (Lipinski definition) is 1. The van der Waals surface area contributed by atoms with Crippen molar-refractivity contribution in [3.63, 3.8) is 0 Å². The summed E-state index contributed by atoms with van der Waals surface area (Å²) in [4.78, 5) is 0. The van der Waals surface area contributed by atoms with E-state index in [-0.39, 0.29) is 0 Å². The fourth-order valence-electron chi connectivity index (χ4n) is 4.08. The summed E-state index contributed by atoms with van der Waals surface area (Å²) in [6, 6.07) is 0.791. The third-order valence-corrected chi connectivity index (χ3v) is 5.17. The van der Waals surface area contributed by atoms with Crippen LogP contribution < -0.4 is 5.32 Å². The SMILES string of the molecule is CC1CCC(CNC2CCC(C)(C)CC2C)C1. The number of rotatable bonds is 3. The topological polar surface area (TPSA) is 12.0 Å². The van der Waals surface area contributed by atoms with Crippen molar-refractivity contribution < 1.29 is 0 Å². The molecule has 1 nitrogen and oxygen atoms in total. The maximum Gasteiger partial charge on any atom is 0.00932 e. The maximum atomic E-state index is 3.87. The van der Waals surface area contributed by atoms with Gasteiger partial charge in [0.2, 0.25) is 0 Å². The first kappa shape index (κ1) is 13.4. The molecule has 2 aliphatic carbocycles. The van der Waals surface area contributed by atoms with Gasteiger partial charge in [0, 0.05) is 6.04 Å². The first-order chi connectivity index (χ1) is 7.96. The van der Waals surface area contributed by atoms with Crippen molar-refractivity contribution in [2.24, 2.45) is 23.2 Å². The zero-order valence-electron chi connectivity index (χ0n) is 12.3. The molecule has 2 rings (SSSR count). The molecule has 17 heavy (non-hydrogen) atoms. The zero-order valence-corrected chi connectivity index (χ0v) is 12.3. The van der Waals surface area contributed by atoms with Gasteiger partial charge in [-0.1, -0.05) is 34.1 Å². The van der Waals surface area contributed by atoms with Crippen LogP contribution in [-0.2, 0) is 0 Å². The standard InChI is InChI=1S/C16H31N/c1-12-5-6-14(9-12)11-17-15-7-8-16(3,4)10-13(15)2/h12-15,17H,5-11H2,1-4H3. The Hall–Kier alpha value is -0.0400. The molecular formula is C16H31N. The predicted octanol–water partition coefficient (Wildman–Crippen LogP) is 4.23. The number of hydrogen-bond acceptors (Lipinski definition) is 1. The summed E-state index contributed by atoms with van der Waals surface area (Å²) >= 11 is 0. The van der Waals surface area contributed by atoms with E-state index in [0.717, 1.165) is 23.8 Å². The monoisotopic (exact) mass is 237 g/mol. The average Bonchev–Trinajstić information content (AvgIpc) is 2.62. The molecule has 0 aromatic rings. The Bertz CT molecular complexity index is 246. The van der Waals surface area contributed by atoms with E-state index in [2.05, 4.69) is 33.0 Å². The zero-order chi connectivity index (χ0) is 12.5. The van der Waals surface area contributed by atoms with Crippen molar-refractivity contribution in [1.82, 2.24) is 5.32 Å². The van der Waals surface area contributed by atoms with Crippen LogP contribution in [0.3, 0.4) is 0 Å². The Kier molecular flexibility index (Phi) is 4.18. The van der Waals surface area contributed by atoms with E-state index in [0.29, 0.717) is 5.41 Å². The van der Waals surface area contributed by atoms with Crippen molar-refractivity contribution >= 4 is 0 Å². The summed E-state index contributed by atoms with van der Waals surface area (Å²) in [5.41, 5.74) is 0.583.